The van der Waals surface area contributed by atoms with Gasteiger partial charge in [-0.25, -0.2) is 4.79 Å². The van der Waals surface area contributed by atoms with Gasteiger partial charge in [-0.3, -0.25) is 4.90 Å². The summed E-state index contributed by atoms with van der Waals surface area (Å²) < 4.78 is 0. The van der Waals surface area contributed by atoms with Gasteiger partial charge >= 0.3 is 6.03 Å². The molecule has 1 unspecified atom stereocenters. The Hall–Kier alpha value is -0.810. The molecule has 1 saturated heterocycles. The summed E-state index contributed by atoms with van der Waals surface area (Å²) in [5.74, 6) is 0. The van der Waals surface area contributed by atoms with Gasteiger partial charge in [0, 0.05) is 38.8 Å². The molecule has 0 aromatic heterocycles. The number of hydrogen-bond donors (Lipinski definition) is 2. The van der Waals surface area contributed by atoms with E-state index in [0.29, 0.717) is 6.04 Å². The third-order valence-electron chi connectivity index (χ3n) is 3.29. The molecule has 1 rings (SSSR count). The minimum atomic E-state index is -0.0416. The Balaban J connectivity index is 2.17. The van der Waals surface area contributed by atoms with Gasteiger partial charge in [-0.1, -0.05) is 13.3 Å². The summed E-state index contributed by atoms with van der Waals surface area (Å²) in [6, 6.07) is 0.380. The molecule has 5 nitrogen and oxygen atoms in total. The minimum absolute atomic E-state index is 0.0416. The van der Waals surface area contributed by atoms with Gasteiger partial charge in [0.15, 0.2) is 0 Å². The van der Waals surface area contributed by atoms with Crippen LogP contribution in [0.1, 0.15) is 19.8 Å². The zero-order valence-electron chi connectivity index (χ0n) is 11.3. The Labute approximate surface area is 105 Å². The lowest BCUT2D eigenvalue weighted by molar-refractivity contribution is 0.114. The maximum Gasteiger partial charge on any atom is 0.314 e. The number of likely N-dealkylation sites (N-methyl/N-ethyl adjacent to an activating group) is 2. The van der Waals surface area contributed by atoms with Crippen molar-refractivity contribution in [2.45, 2.75) is 25.8 Å². The molecule has 1 atom stereocenters. The van der Waals surface area contributed by atoms with Crippen LogP contribution in [-0.2, 0) is 0 Å². The molecule has 1 aliphatic heterocycles. The first-order valence-electron chi connectivity index (χ1n) is 6.54. The van der Waals surface area contributed by atoms with Crippen LogP contribution in [-0.4, -0.2) is 68.7 Å². The van der Waals surface area contributed by atoms with Gasteiger partial charge in [0.05, 0.1) is 0 Å². The molecule has 1 aliphatic rings. The molecule has 0 saturated carbocycles. The molecule has 0 bridgehead atoms. The van der Waals surface area contributed by atoms with Gasteiger partial charge in [-0.2, -0.15) is 0 Å². The van der Waals surface area contributed by atoms with Crippen molar-refractivity contribution >= 4 is 6.03 Å². The Kier molecular flexibility index (Phi) is 6.29. The first-order valence-corrected chi connectivity index (χ1v) is 6.54. The van der Waals surface area contributed by atoms with Crippen LogP contribution in [0.15, 0.2) is 0 Å². The van der Waals surface area contributed by atoms with Crippen LogP contribution in [0.25, 0.3) is 0 Å². The zero-order valence-corrected chi connectivity index (χ0v) is 11.3. The molecule has 0 radical (unpaired) electrons. The molecule has 1 heterocycles. The van der Waals surface area contributed by atoms with E-state index >= 15 is 0 Å². The summed E-state index contributed by atoms with van der Waals surface area (Å²) >= 11 is 0. The number of amides is 2. The molecule has 0 aromatic rings. The number of urea groups is 1. The van der Waals surface area contributed by atoms with Gasteiger partial charge in [-0.05, 0) is 20.5 Å². The summed E-state index contributed by atoms with van der Waals surface area (Å²) in [4.78, 5) is 16.1. The molecule has 0 aromatic carbocycles. The maximum atomic E-state index is 11.5. The second-order valence-electron chi connectivity index (χ2n) is 4.89. The fraction of sp³-hybridized carbons (Fsp3) is 0.917. The van der Waals surface area contributed by atoms with Crippen molar-refractivity contribution in [3.63, 3.8) is 0 Å². The Morgan fingerprint density at radius 3 is 2.76 bits per heavy atom. The highest BCUT2D eigenvalue weighted by Crippen LogP contribution is 2.04. The Morgan fingerprint density at radius 2 is 2.06 bits per heavy atom. The fourth-order valence-electron chi connectivity index (χ4n) is 1.97. The number of nitrogens with one attached hydrogen (secondary N) is 2. The topological polar surface area (TPSA) is 47.6 Å². The third-order valence-corrected chi connectivity index (χ3v) is 3.29. The monoisotopic (exact) mass is 242 g/mol. The van der Waals surface area contributed by atoms with Crippen molar-refractivity contribution in [3.8, 4) is 0 Å². The maximum absolute atomic E-state index is 11.5. The number of unbranched alkanes of at least 4 members (excludes halogenated alkanes) is 1. The van der Waals surface area contributed by atoms with E-state index in [1.165, 1.54) is 0 Å². The molecular formula is C12H26N4O. The fourth-order valence-corrected chi connectivity index (χ4v) is 1.97. The van der Waals surface area contributed by atoms with Crippen molar-refractivity contribution in [1.29, 1.82) is 0 Å². The lowest BCUT2D eigenvalue weighted by atomic mass is 10.2. The number of carbonyl (C=O) groups excluding carboxylic acids is 1. The molecule has 0 spiro atoms. The molecular weight excluding hydrogens is 216 g/mol. The van der Waals surface area contributed by atoms with Crippen molar-refractivity contribution in [1.82, 2.24) is 20.4 Å². The van der Waals surface area contributed by atoms with E-state index < -0.39 is 0 Å². The molecule has 17 heavy (non-hydrogen) atoms. The molecule has 2 N–H and O–H groups in total. The SMILES string of the molecule is CCCCNC(=O)NCC1CN(C)CCN1C. The molecule has 100 valence electrons. The first-order chi connectivity index (χ1) is 8.13. The van der Waals surface area contributed by atoms with E-state index in [2.05, 4.69) is 41.5 Å². The second kappa shape index (κ2) is 7.50. The van der Waals surface area contributed by atoms with Gasteiger partial charge in [0.1, 0.15) is 0 Å². The third kappa shape index (κ3) is 5.37. The lowest BCUT2D eigenvalue weighted by Gasteiger charge is -2.37. The van der Waals surface area contributed by atoms with Crippen molar-refractivity contribution < 1.29 is 4.79 Å². The van der Waals surface area contributed by atoms with E-state index in [4.69, 9.17) is 0 Å². The second-order valence-corrected chi connectivity index (χ2v) is 4.89. The van der Waals surface area contributed by atoms with Gasteiger partial charge in [0.2, 0.25) is 0 Å². The summed E-state index contributed by atoms with van der Waals surface area (Å²) in [6.07, 6.45) is 2.15. The van der Waals surface area contributed by atoms with E-state index in [9.17, 15) is 4.79 Å². The number of carbonyl (C=O) groups is 1. The van der Waals surface area contributed by atoms with Gasteiger partial charge in [-0.15, -0.1) is 0 Å². The number of rotatable bonds is 5. The Bertz CT molecular complexity index is 235. The summed E-state index contributed by atoms with van der Waals surface area (Å²) in [5, 5.41) is 5.81. The average molecular weight is 242 g/mol. The van der Waals surface area contributed by atoms with E-state index in [1.54, 1.807) is 0 Å². The average Bonchev–Trinajstić information content (AvgIpc) is 2.31. The molecule has 2 amide bonds. The largest absolute Gasteiger partial charge is 0.338 e. The van der Waals surface area contributed by atoms with E-state index in [-0.39, 0.29) is 6.03 Å². The van der Waals surface area contributed by atoms with E-state index in [0.717, 1.165) is 45.6 Å². The highest BCUT2D eigenvalue weighted by Gasteiger charge is 2.22. The first kappa shape index (κ1) is 14.3. The van der Waals surface area contributed by atoms with Gasteiger partial charge in [0.25, 0.3) is 0 Å². The van der Waals surface area contributed by atoms with Crippen LogP contribution in [0.4, 0.5) is 4.79 Å². The summed E-state index contributed by atoms with van der Waals surface area (Å²) in [5.41, 5.74) is 0. The minimum Gasteiger partial charge on any atom is -0.338 e. The number of nitrogens with zero attached hydrogens (tertiary/aromatic N) is 2. The van der Waals surface area contributed by atoms with Crippen LogP contribution >= 0.6 is 0 Å². The molecule has 1 fully saturated rings. The lowest BCUT2D eigenvalue weighted by Crippen LogP contribution is -2.55. The van der Waals surface area contributed by atoms with Crippen LogP contribution in [0, 0.1) is 0 Å². The van der Waals surface area contributed by atoms with Gasteiger partial charge < -0.3 is 15.5 Å². The van der Waals surface area contributed by atoms with Crippen molar-refractivity contribution in [3.05, 3.63) is 0 Å². The smallest absolute Gasteiger partial charge is 0.314 e. The predicted molar refractivity (Wildman–Crippen MR) is 70.2 cm³/mol. The zero-order chi connectivity index (χ0) is 12.7. The highest BCUT2D eigenvalue weighted by atomic mass is 16.2. The Morgan fingerprint density at radius 1 is 1.29 bits per heavy atom. The molecule has 5 heteroatoms. The summed E-state index contributed by atoms with van der Waals surface area (Å²) in [6.45, 7) is 6.80. The molecule has 0 aliphatic carbocycles. The predicted octanol–water partition coefficient (Wildman–Crippen LogP) is 0.332. The standard InChI is InChI=1S/C12H26N4O/c1-4-5-6-13-12(17)14-9-11-10-15(2)7-8-16(11)3/h11H,4-10H2,1-3H3,(H2,13,14,17). The van der Waals surface area contributed by atoms with Crippen LogP contribution < -0.4 is 10.6 Å². The van der Waals surface area contributed by atoms with Crippen molar-refractivity contribution in [2.24, 2.45) is 0 Å². The number of piperazine rings is 1. The van der Waals surface area contributed by atoms with Crippen LogP contribution in [0.5, 0.6) is 0 Å². The van der Waals surface area contributed by atoms with Crippen LogP contribution in [0.2, 0.25) is 0 Å². The van der Waals surface area contributed by atoms with Crippen LogP contribution in [0.3, 0.4) is 0 Å². The van der Waals surface area contributed by atoms with Crippen molar-refractivity contribution in [2.75, 3.05) is 46.8 Å². The van der Waals surface area contributed by atoms with E-state index in [1.807, 2.05) is 0 Å². The quantitative estimate of drug-likeness (QED) is 0.683. The normalized spacial score (nSPS) is 22.4. The number of hydrogen-bond acceptors (Lipinski definition) is 3. The summed E-state index contributed by atoms with van der Waals surface area (Å²) in [7, 11) is 4.25. The highest BCUT2D eigenvalue weighted by molar-refractivity contribution is 5.73.